The molecule has 3 aromatic heterocycles. The molecule has 11 heteroatoms. The molecule has 37 heavy (non-hydrogen) atoms. The van der Waals surface area contributed by atoms with Gasteiger partial charge in [0.1, 0.15) is 34.5 Å². The van der Waals surface area contributed by atoms with Crippen molar-refractivity contribution in [1.82, 2.24) is 19.3 Å². The van der Waals surface area contributed by atoms with E-state index in [1.54, 1.807) is 49.2 Å². The molecule has 0 radical (unpaired) electrons. The first-order chi connectivity index (χ1) is 17.6. The minimum Gasteiger partial charge on any atom is -0.444 e. The van der Waals surface area contributed by atoms with Crippen LogP contribution in [0.1, 0.15) is 57.4 Å². The zero-order valence-corrected chi connectivity index (χ0v) is 21.7. The summed E-state index contributed by atoms with van der Waals surface area (Å²) in [5.74, 6) is -0.379. The minimum atomic E-state index is -0.779. The number of aromatic nitrogens is 4. The highest BCUT2D eigenvalue weighted by Crippen LogP contribution is 2.39. The van der Waals surface area contributed by atoms with Crippen LogP contribution in [0, 0.1) is 24.1 Å². The van der Waals surface area contributed by atoms with Crippen LogP contribution < -0.4 is 5.32 Å². The lowest BCUT2D eigenvalue weighted by atomic mass is 10.1. The molecule has 1 aliphatic rings. The van der Waals surface area contributed by atoms with E-state index in [4.69, 9.17) is 21.1 Å². The van der Waals surface area contributed by atoms with Crippen LogP contribution in [-0.2, 0) is 9.47 Å². The van der Waals surface area contributed by atoms with Crippen molar-refractivity contribution in [2.24, 2.45) is 0 Å². The summed E-state index contributed by atoms with van der Waals surface area (Å²) < 4.78 is 30.1. The molecule has 192 valence electrons. The number of benzene rings is 1. The number of ether oxygens (including phenoxy) is 2. The van der Waals surface area contributed by atoms with Crippen molar-refractivity contribution in [3.8, 4) is 11.8 Å². The van der Waals surface area contributed by atoms with Crippen molar-refractivity contribution < 1.29 is 18.7 Å². The molecule has 1 aromatic carbocycles. The molecule has 5 rings (SSSR count). The molecule has 0 spiro atoms. The molecular formula is C26H26ClFN6O3. The van der Waals surface area contributed by atoms with E-state index in [0.29, 0.717) is 44.8 Å². The highest BCUT2D eigenvalue weighted by Gasteiger charge is 2.28. The Morgan fingerprint density at radius 2 is 2.08 bits per heavy atom. The summed E-state index contributed by atoms with van der Waals surface area (Å²) in [5, 5.41) is 18.7. The summed E-state index contributed by atoms with van der Waals surface area (Å²) >= 11 is 6.21. The molecule has 0 aliphatic carbocycles. The fourth-order valence-electron chi connectivity index (χ4n) is 4.66. The Balaban J connectivity index is 1.80. The predicted octanol–water partition coefficient (Wildman–Crippen LogP) is 6.39. The number of carbonyl (C=O) groups is 1. The van der Waals surface area contributed by atoms with Gasteiger partial charge in [0.25, 0.3) is 0 Å². The number of nitrogens with one attached hydrogen (secondary N) is 1. The SMILES string of the molecule is Cc1c(F)cc2c(cnn2C2CCCCO2)c1-n1c(NC(=O)OC(C)(C)C)c(C#N)c2cc(Cl)cnc21. The Bertz CT molecular complexity index is 1570. The second kappa shape index (κ2) is 9.32. The van der Waals surface area contributed by atoms with Crippen molar-refractivity contribution in [2.75, 3.05) is 11.9 Å². The van der Waals surface area contributed by atoms with E-state index in [1.807, 2.05) is 0 Å². The molecule has 0 saturated carbocycles. The maximum absolute atomic E-state index is 15.5. The standard InChI is InChI=1S/C26H26ClFN6O3/c1-14-19(28)10-20-18(13-31-34(20)21-7-5-6-8-36-21)22(14)33-23-16(9-15(27)12-30-23)17(11-29)24(33)32-25(35)37-26(2,3)4/h9-10,12-13,21H,5-8H2,1-4H3,(H,32,35). The van der Waals surface area contributed by atoms with Crippen LogP contribution in [0.5, 0.6) is 0 Å². The number of fused-ring (bicyclic) bond motifs is 2. The van der Waals surface area contributed by atoms with Gasteiger partial charge >= 0.3 is 6.09 Å². The van der Waals surface area contributed by atoms with E-state index in [-0.39, 0.29) is 17.6 Å². The number of nitrogens with zero attached hydrogens (tertiary/aromatic N) is 5. The number of hydrogen-bond acceptors (Lipinski definition) is 6. The maximum Gasteiger partial charge on any atom is 0.413 e. The minimum absolute atomic E-state index is 0.0955. The summed E-state index contributed by atoms with van der Waals surface area (Å²) in [6.07, 6.45) is 4.70. The van der Waals surface area contributed by atoms with Crippen molar-refractivity contribution in [2.45, 2.75) is 58.8 Å². The zero-order valence-electron chi connectivity index (χ0n) is 20.9. The Hall–Kier alpha value is -3.68. The third-order valence-electron chi connectivity index (χ3n) is 6.22. The van der Waals surface area contributed by atoms with Gasteiger partial charge in [-0.3, -0.25) is 9.88 Å². The van der Waals surface area contributed by atoms with Gasteiger partial charge in [0.15, 0.2) is 6.23 Å². The van der Waals surface area contributed by atoms with E-state index < -0.39 is 17.5 Å². The molecule has 4 heterocycles. The molecule has 1 fully saturated rings. The molecule has 1 aliphatic heterocycles. The van der Waals surface area contributed by atoms with Crippen LogP contribution in [0.2, 0.25) is 5.02 Å². The lowest BCUT2D eigenvalue weighted by molar-refractivity contribution is -0.0366. The second-order valence-electron chi connectivity index (χ2n) is 10.00. The fraction of sp³-hybridized carbons (Fsp3) is 0.385. The number of anilines is 1. The number of halogens is 2. The average molecular weight is 525 g/mol. The number of amides is 1. The summed E-state index contributed by atoms with van der Waals surface area (Å²) in [7, 11) is 0. The molecule has 1 saturated heterocycles. The van der Waals surface area contributed by atoms with Crippen molar-refractivity contribution in [3.63, 3.8) is 0 Å². The van der Waals surface area contributed by atoms with E-state index in [2.05, 4.69) is 21.5 Å². The largest absolute Gasteiger partial charge is 0.444 e. The van der Waals surface area contributed by atoms with E-state index >= 15 is 4.39 Å². The lowest BCUT2D eigenvalue weighted by Crippen LogP contribution is -2.28. The van der Waals surface area contributed by atoms with Gasteiger partial charge in [-0.25, -0.2) is 18.9 Å². The monoisotopic (exact) mass is 524 g/mol. The van der Waals surface area contributed by atoms with Crippen molar-refractivity contribution in [3.05, 3.63) is 46.5 Å². The van der Waals surface area contributed by atoms with Gasteiger partial charge in [-0.1, -0.05) is 11.6 Å². The topological polar surface area (TPSA) is 107 Å². The molecule has 1 N–H and O–H groups in total. The quantitative estimate of drug-likeness (QED) is 0.332. The summed E-state index contributed by atoms with van der Waals surface area (Å²) in [6, 6.07) is 5.16. The van der Waals surface area contributed by atoms with Crippen molar-refractivity contribution in [1.29, 1.82) is 5.26 Å². The zero-order chi connectivity index (χ0) is 26.5. The first-order valence-electron chi connectivity index (χ1n) is 12.0. The Morgan fingerprint density at radius 3 is 2.76 bits per heavy atom. The van der Waals surface area contributed by atoms with Crippen LogP contribution >= 0.6 is 11.6 Å². The Morgan fingerprint density at radius 1 is 1.30 bits per heavy atom. The highest BCUT2D eigenvalue weighted by atomic mass is 35.5. The van der Waals surface area contributed by atoms with Crippen LogP contribution in [0.3, 0.4) is 0 Å². The number of rotatable bonds is 3. The molecule has 9 nitrogen and oxygen atoms in total. The maximum atomic E-state index is 15.5. The number of carbonyl (C=O) groups excluding carboxylic acids is 1. The summed E-state index contributed by atoms with van der Waals surface area (Å²) in [4.78, 5) is 17.3. The highest BCUT2D eigenvalue weighted by molar-refractivity contribution is 6.31. The third kappa shape index (κ3) is 4.49. The number of hydrogen-bond donors (Lipinski definition) is 1. The molecule has 1 unspecified atom stereocenters. The molecule has 0 bridgehead atoms. The molecule has 1 atom stereocenters. The van der Waals surface area contributed by atoms with Crippen LogP contribution in [-0.4, -0.2) is 37.6 Å². The molecule has 4 aromatic rings. The van der Waals surface area contributed by atoms with Gasteiger partial charge in [-0.2, -0.15) is 10.4 Å². The first-order valence-corrected chi connectivity index (χ1v) is 12.3. The van der Waals surface area contributed by atoms with Crippen LogP contribution in [0.4, 0.5) is 15.0 Å². The van der Waals surface area contributed by atoms with Gasteiger partial charge < -0.3 is 9.47 Å². The van der Waals surface area contributed by atoms with Gasteiger partial charge in [0.2, 0.25) is 0 Å². The molecule has 1 amide bonds. The second-order valence-corrected chi connectivity index (χ2v) is 10.4. The molecular weight excluding hydrogens is 499 g/mol. The summed E-state index contributed by atoms with van der Waals surface area (Å²) in [5.41, 5.74) is 0.881. The Kier molecular flexibility index (Phi) is 6.30. The van der Waals surface area contributed by atoms with Crippen molar-refractivity contribution >= 4 is 45.4 Å². The number of pyridine rings is 1. The summed E-state index contributed by atoms with van der Waals surface area (Å²) in [6.45, 7) is 7.43. The van der Waals surface area contributed by atoms with E-state index in [1.165, 1.54) is 12.3 Å². The Labute approximate surface area is 217 Å². The normalized spacial score (nSPS) is 16.2. The van der Waals surface area contributed by atoms with E-state index in [0.717, 1.165) is 19.3 Å². The average Bonchev–Trinajstić information content (AvgIpc) is 3.37. The van der Waals surface area contributed by atoms with Gasteiger partial charge in [-0.15, -0.1) is 0 Å². The lowest BCUT2D eigenvalue weighted by Gasteiger charge is -2.24. The third-order valence-corrected chi connectivity index (χ3v) is 6.43. The van der Waals surface area contributed by atoms with Crippen LogP contribution in [0.25, 0.3) is 27.6 Å². The van der Waals surface area contributed by atoms with Gasteiger partial charge in [-0.05, 0) is 53.0 Å². The number of nitriles is 1. The fourth-order valence-corrected chi connectivity index (χ4v) is 4.82. The predicted molar refractivity (Wildman–Crippen MR) is 137 cm³/mol. The smallest absolute Gasteiger partial charge is 0.413 e. The van der Waals surface area contributed by atoms with E-state index in [9.17, 15) is 10.1 Å². The first kappa shape index (κ1) is 25.0. The van der Waals surface area contributed by atoms with Gasteiger partial charge in [0.05, 0.1) is 22.4 Å². The van der Waals surface area contributed by atoms with Gasteiger partial charge in [0, 0.05) is 35.2 Å². The van der Waals surface area contributed by atoms with Crippen LogP contribution in [0.15, 0.2) is 24.5 Å².